The first-order valence-corrected chi connectivity index (χ1v) is 10.8. The molecular weight excluding hydrogens is 509 g/mol. The fourth-order valence-electron chi connectivity index (χ4n) is 3.18. The molecule has 1 amide bonds. The molecule has 180 valence electrons. The van der Waals surface area contributed by atoms with Crippen LogP contribution in [-0.2, 0) is 13.2 Å². The highest BCUT2D eigenvalue weighted by Gasteiger charge is 2.20. The van der Waals surface area contributed by atoms with Gasteiger partial charge in [-0.2, -0.15) is 5.10 Å². The van der Waals surface area contributed by atoms with E-state index >= 15 is 0 Å². The summed E-state index contributed by atoms with van der Waals surface area (Å²) in [5, 5.41) is 7.36. The first-order valence-electron chi connectivity index (χ1n) is 10.0. The lowest BCUT2D eigenvalue weighted by Crippen LogP contribution is -2.14. The molecular formula is C24H15Cl2F4N3O2. The smallest absolute Gasteiger partial charge is 0.256 e. The van der Waals surface area contributed by atoms with Crippen LogP contribution in [0.5, 0.6) is 5.75 Å². The van der Waals surface area contributed by atoms with Gasteiger partial charge in [0.25, 0.3) is 5.91 Å². The maximum Gasteiger partial charge on any atom is 0.256 e. The van der Waals surface area contributed by atoms with Gasteiger partial charge < -0.3 is 10.1 Å². The quantitative estimate of drug-likeness (QED) is 0.218. The Kier molecular flexibility index (Phi) is 7.28. The van der Waals surface area contributed by atoms with Crippen molar-refractivity contribution in [3.05, 3.63) is 111 Å². The van der Waals surface area contributed by atoms with Gasteiger partial charge in [-0.1, -0.05) is 35.3 Å². The van der Waals surface area contributed by atoms with Crippen molar-refractivity contribution in [1.82, 2.24) is 9.78 Å². The molecule has 0 fully saturated rings. The van der Waals surface area contributed by atoms with E-state index < -0.39 is 41.3 Å². The second-order valence-corrected chi connectivity index (χ2v) is 8.21. The molecule has 0 spiro atoms. The fourth-order valence-corrected chi connectivity index (χ4v) is 3.65. The maximum atomic E-state index is 13.9. The molecule has 0 bridgehead atoms. The number of nitrogens with zero attached hydrogens (tertiary/aromatic N) is 2. The minimum atomic E-state index is -1.51. The van der Waals surface area contributed by atoms with Crippen LogP contribution >= 0.6 is 23.2 Å². The summed E-state index contributed by atoms with van der Waals surface area (Å²) in [6.45, 7) is -0.444. The predicted octanol–water partition coefficient (Wildman–Crippen LogP) is 6.63. The van der Waals surface area contributed by atoms with Crippen molar-refractivity contribution >= 4 is 34.9 Å². The molecule has 0 aliphatic carbocycles. The number of hydrogen-bond acceptors (Lipinski definition) is 3. The first kappa shape index (κ1) is 24.6. The SMILES string of the molecule is O=C(Nc1ccn(Cc2c(F)c(F)cc(F)c2F)n1)c1cccc(COc2ccc(Cl)cc2Cl)c1. The second kappa shape index (κ2) is 10.4. The van der Waals surface area contributed by atoms with Crippen LogP contribution in [0.1, 0.15) is 21.5 Å². The number of amides is 1. The average molecular weight is 524 g/mol. The molecule has 0 unspecified atom stereocenters. The molecule has 1 heterocycles. The Balaban J connectivity index is 1.42. The monoisotopic (exact) mass is 523 g/mol. The van der Waals surface area contributed by atoms with E-state index in [1.165, 1.54) is 12.3 Å². The zero-order chi connectivity index (χ0) is 25.1. The third-order valence-electron chi connectivity index (χ3n) is 4.88. The van der Waals surface area contributed by atoms with Crippen molar-refractivity contribution in [3.8, 4) is 5.75 Å². The number of carbonyl (C=O) groups excluding carboxylic acids is 1. The Morgan fingerprint density at radius 2 is 1.71 bits per heavy atom. The second-order valence-electron chi connectivity index (χ2n) is 7.36. The number of benzene rings is 3. The molecule has 1 aromatic heterocycles. The summed E-state index contributed by atoms with van der Waals surface area (Å²) in [7, 11) is 0. The van der Waals surface area contributed by atoms with E-state index in [-0.39, 0.29) is 18.5 Å². The number of carbonyl (C=O) groups is 1. The van der Waals surface area contributed by atoms with Gasteiger partial charge in [0.15, 0.2) is 29.1 Å². The summed E-state index contributed by atoms with van der Waals surface area (Å²) in [6, 6.07) is 12.9. The van der Waals surface area contributed by atoms with Gasteiger partial charge in [-0.05, 0) is 35.9 Å². The van der Waals surface area contributed by atoms with E-state index in [2.05, 4.69) is 10.4 Å². The minimum Gasteiger partial charge on any atom is -0.487 e. The van der Waals surface area contributed by atoms with E-state index in [4.69, 9.17) is 27.9 Å². The third-order valence-corrected chi connectivity index (χ3v) is 5.41. The van der Waals surface area contributed by atoms with E-state index in [0.29, 0.717) is 26.9 Å². The van der Waals surface area contributed by atoms with E-state index in [1.807, 2.05) is 0 Å². The van der Waals surface area contributed by atoms with Crippen LogP contribution in [-0.4, -0.2) is 15.7 Å². The molecule has 0 aliphatic rings. The molecule has 0 atom stereocenters. The van der Waals surface area contributed by atoms with Gasteiger partial charge in [0, 0.05) is 28.9 Å². The van der Waals surface area contributed by atoms with E-state index in [0.717, 1.165) is 4.68 Å². The van der Waals surface area contributed by atoms with Crippen LogP contribution in [0.3, 0.4) is 0 Å². The Morgan fingerprint density at radius 3 is 2.43 bits per heavy atom. The van der Waals surface area contributed by atoms with Crippen molar-refractivity contribution in [1.29, 1.82) is 0 Å². The van der Waals surface area contributed by atoms with Crippen LogP contribution in [0, 0.1) is 23.3 Å². The fraction of sp³-hybridized carbons (Fsp3) is 0.0833. The lowest BCUT2D eigenvalue weighted by Gasteiger charge is -2.09. The van der Waals surface area contributed by atoms with Crippen LogP contribution in [0.15, 0.2) is 60.8 Å². The summed E-state index contributed by atoms with van der Waals surface area (Å²) in [5.74, 6) is -6.04. The number of halogens is 6. The molecule has 35 heavy (non-hydrogen) atoms. The van der Waals surface area contributed by atoms with Crippen molar-refractivity contribution in [2.75, 3.05) is 5.32 Å². The van der Waals surface area contributed by atoms with Gasteiger partial charge in [-0.15, -0.1) is 0 Å². The van der Waals surface area contributed by atoms with E-state index in [9.17, 15) is 22.4 Å². The molecule has 1 N–H and O–H groups in total. The number of hydrogen-bond donors (Lipinski definition) is 1. The predicted molar refractivity (Wildman–Crippen MR) is 123 cm³/mol. The molecule has 4 aromatic rings. The Morgan fingerprint density at radius 1 is 0.971 bits per heavy atom. The van der Waals surface area contributed by atoms with Crippen molar-refractivity contribution in [3.63, 3.8) is 0 Å². The van der Waals surface area contributed by atoms with Crippen LogP contribution < -0.4 is 10.1 Å². The molecule has 11 heteroatoms. The highest BCUT2D eigenvalue weighted by atomic mass is 35.5. The first-order chi connectivity index (χ1) is 16.7. The average Bonchev–Trinajstić information content (AvgIpc) is 3.27. The van der Waals surface area contributed by atoms with Gasteiger partial charge in [0.05, 0.1) is 17.1 Å². The lowest BCUT2D eigenvalue weighted by molar-refractivity contribution is 0.102. The number of aromatic nitrogens is 2. The zero-order valence-electron chi connectivity index (χ0n) is 17.7. The summed E-state index contributed by atoms with van der Waals surface area (Å²) in [6.07, 6.45) is 1.30. The number of nitrogens with one attached hydrogen (secondary N) is 1. The van der Waals surface area contributed by atoms with Crippen LogP contribution in [0.2, 0.25) is 10.0 Å². The topological polar surface area (TPSA) is 56.2 Å². The molecule has 4 rings (SSSR count). The molecule has 0 radical (unpaired) electrons. The van der Waals surface area contributed by atoms with Crippen LogP contribution in [0.25, 0.3) is 0 Å². The van der Waals surface area contributed by atoms with E-state index in [1.54, 1.807) is 42.5 Å². The number of anilines is 1. The normalized spacial score (nSPS) is 10.9. The summed E-state index contributed by atoms with van der Waals surface area (Å²) in [5.41, 5.74) is 0.164. The minimum absolute atomic E-state index is 0.0716. The molecule has 3 aromatic carbocycles. The molecule has 0 saturated carbocycles. The summed E-state index contributed by atoms with van der Waals surface area (Å²) < 4.78 is 61.3. The third kappa shape index (κ3) is 5.75. The van der Waals surface area contributed by atoms with Gasteiger partial charge in [-0.25, -0.2) is 17.6 Å². The molecule has 5 nitrogen and oxygen atoms in total. The summed E-state index contributed by atoms with van der Waals surface area (Å²) >= 11 is 12.0. The maximum absolute atomic E-state index is 13.9. The van der Waals surface area contributed by atoms with Gasteiger partial charge >= 0.3 is 0 Å². The Bertz CT molecular complexity index is 1390. The van der Waals surface area contributed by atoms with Crippen LogP contribution in [0.4, 0.5) is 23.4 Å². The summed E-state index contributed by atoms with van der Waals surface area (Å²) in [4.78, 5) is 12.6. The lowest BCUT2D eigenvalue weighted by atomic mass is 10.1. The molecule has 0 saturated heterocycles. The van der Waals surface area contributed by atoms with Gasteiger partial charge in [0.1, 0.15) is 12.4 Å². The zero-order valence-corrected chi connectivity index (χ0v) is 19.2. The largest absolute Gasteiger partial charge is 0.487 e. The Hall–Kier alpha value is -3.56. The molecule has 0 aliphatic heterocycles. The standard InChI is InChI=1S/C24H15Cl2F4N3O2/c25-15-4-5-20(17(26)9-15)35-12-13-2-1-3-14(8-13)24(34)31-21-6-7-33(32-21)11-16-22(29)18(27)10-19(28)23(16)30/h1-10H,11-12H2,(H,31,32,34). The van der Waals surface area contributed by atoms with Crippen molar-refractivity contribution in [2.45, 2.75) is 13.2 Å². The van der Waals surface area contributed by atoms with Gasteiger partial charge in [-0.3, -0.25) is 9.48 Å². The number of rotatable bonds is 7. The Labute approximate surface area is 206 Å². The van der Waals surface area contributed by atoms with Crippen molar-refractivity contribution < 1.29 is 27.1 Å². The van der Waals surface area contributed by atoms with Crippen molar-refractivity contribution in [2.24, 2.45) is 0 Å². The van der Waals surface area contributed by atoms with Gasteiger partial charge in [0.2, 0.25) is 0 Å². The number of ether oxygens (including phenoxy) is 1. The highest BCUT2D eigenvalue weighted by molar-refractivity contribution is 6.35. The highest BCUT2D eigenvalue weighted by Crippen LogP contribution is 2.28.